The first-order chi connectivity index (χ1) is 32.9. The molecule has 3 aliphatic rings. The third kappa shape index (κ3) is 6.91. The van der Waals surface area contributed by atoms with E-state index in [1.165, 1.54) is 32.1 Å². The third-order valence-corrected chi connectivity index (χ3v) is 15.7. The predicted molar refractivity (Wildman–Crippen MR) is 283 cm³/mol. The smallest absolute Gasteiger partial charge is 0.263 e. The summed E-state index contributed by atoms with van der Waals surface area (Å²) >= 11 is 0. The van der Waals surface area contributed by atoms with Crippen molar-refractivity contribution in [2.24, 2.45) is 0 Å². The lowest BCUT2D eigenvalue weighted by Gasteiger charge is -2.36. The molecule has 356 valence electrons. The zero-order valence-corrected chi connectivity index (χ0v) is 42.8. The summed E-state index contributed by atoms with van der Waals surface area (Å²) in [6.07, 6.45) is 1.91. The van der Waals surface area contributed by atoms with Crippen LogP contribution in [0.2, 0.25) is 0 Å². The highest BCUT2D eigenvalue weighted by atomic mass is 16.2. The van der Waals surface area contributed by atoms with Crippen LogP contribution in [0.15, 0.2) is 109 Å². The number of imide groups is 2. The Morgan fingerprint density at radius 2 is 0.629 bits per heavy atom. The molecule has 4 heterocycles. The number of benzene rings is 6. The number of amides is 4. The Hall–Kier alpha value is -6.80. The van der Waals surface area contributed by atoms with E-state index in [9.17, 15) is 19.2 Å². The maximum Gasteiger partial charge on any atom is 0.263 e. The molecule has 4 amide bonds. The highest BCUT2D eigenvalue weighted by Crippen LogP contribution is 2.44. The van der Waals surface area contributed by atoms with Gasteiger partial charge < -0.3 is 9.13 Å². The number of fused-ring (bicyclic) bond motifs is 8. The van der Waals surface area contributed by atoms with Gasteiger partial charge in [-0.15, -0.1) is 0 Å². The summed E-state index contributed by atoms with van der Waals surface area (Å²) in [5.74, 6) is -1.19. The molecule has 0 bridgehead atoms. The fourth-order valence-corrected chi connectivity index (χ4v) is 11.6. The molecular formula is C62H64N4O4. The van der Waals surface area contributed by atoms with Crippen molar-refractivity contribution in [3.05, 3.63) is 154 Å². The molecule has 1 fully saturated rings. The van der Waals surface area contributed by atoms with E-state index in [2.05, 4.69) is 165 Å². The van der Waals surface area contributed by atoms with Gasteiger partial charge in [0.25, 0.3) is 23.6 Å². The molecule has 8 nitrogen and oxygen atoms in total. The van der Waals surface area contributed by atoms with Gasteiger partial charge >= 0.3 is 0 Å². The average Bonchev–Trinajstić information content (AvgIpc) is 3.98. The lowest BCUT2D eigenvalue weighted by Crippen LogP contribution is -2.47. The topological polar surface area (TPSA) is 84.6 Å². The highest BCUT2D eigenvalue weighted by Gasteiger charge is 2.47. The van der Waals surface area contributed by atoms with E-state index in [4.69, 9.17) is 0 Å². The van der Waals surface area contributed by atoms with Crippen molar-refractivity contribution in [2.45, 2.75) is 143 Å². The van der Waals surface area contributed by atoms with Crippen LogP contribution in [0.5, 0.6) is 0 Å². The van der Waals surface area contributed by atoms with E-state index in [0.717, 1.165) is 43.6 Å². The summed E-state index contributed by atoms with van der Waals surface area (Å²) in [5.41, 5.74) is 11.6. The number of nitrogens with zero attached hydrogens (tertiary/aromatic N) is 4. The molecule has 2 aromatic heterocycles. The van der Waals surface area contributed by atoms with Crippen LogP contribution in [0.3, 0.4) is 0 Å². The maximum absolute atomic E-state index is 14.9. The van der Waals surface area contributed by atoms with Gasteiger partial charge in [-0.3, -0.25) is 29.0 Å². The van der Waals surface area contributed by atoms with Gasteiger partial charge in [-0.25, -0.2) is 0 Å². The molecule has 6 aromatic carbocycles. The Morgan fingerprint density at radius 1 is 0.357 bits per heavy atom. The van der Waals surface area contributed by atoms with Crippen LogP contribution in [0, 0.1) is 0 Å². The van der Waals surface area contributed by atoms with Gasteiger partial charge in [0.05, 0.1) is 55.7 Å². The molecule has 0 saturated heterocycles. The van der Waals surface area contributed by atoms with Gasteiger partial charge in [0, 0.05) is 33.6 Å². The number of aromatic nitrogens is 2. The number of carbonyl (C=O) groups is 4. The van der Waals surface area contributed by atoms with Crippen LogP contribution < -0.4 is 0 Å². The summed E-state index contributed by atoms with van der Waals surface area (Å²) in [7, 11) is 0. The van der Waals surface area contributed by atoms with Gasteiger partial charge in [0.2, 0.25) is 0 Å². The fourth-order valence-electron chi connectivity index (χ4n) is 11.6. The summed E-state index contributed by atoms with van der Waals surface area (Å²) < 4.78 is 4.33. The Bertz CT molecular complexity index is 3210. The first-order valence-corrected chi connectivity index (χ1v) is 25.1. The van der Waals surface area contributed by atoms with Crippen LogP contribution in [-0.4, -0.2) is 54.6 Å². The molecule has 0 unspecified atom stereocenters. The molecule has 2 aliphatic heterocycles. The standard InChI is InChI=1S/C62H64N4O4/c1-59(2,3)35-19-27-47-43(31-35)44-32-36(60(4,5)6)20-28-48(44)65(47)51-17-13-15-41-53(51)57(69)63(55(41)67)39-23-25-40(26-24-39)64-56(68)42-16-14-18-52(54(42)58(64)70)66-49-29-21-37(61(7,8)9)33-45(49)46-34-38(62(10,11)12)22-30-50(46)66/h13-22,27-34,39-40H,23-26H2,1-12H3. The summed E-state index contributed by atoms with van der Waals surface area (Å²) in [5, 5.41) is 4.44. The minimum Gasteiger partial charge on any atom is -0.308 e. The van der Waals surface area contributed by atoms with Crippen molar-refractivity contribution in [1.82, 2.24) is 18.9 Å². The lowest BCUT2D eigenvalue weighted by molar-refractivity contribution is 0.0424. The second-order valence-electron chi connectivity index (χ2n) is 24.4. The summed E-state index contributed by atoms with van der Waals surface area (Å²) in [6, 6.07) is 36.9. The van der Waals surface area contributed by atoms with E-state index in [0.29, 0.717) is 59.3 Å². The number of carbonyl (C=O) groups excluding carboxylic acids is 4. The van der Waals surface area contributed by atoms with Crippen molar-refractivity contribution < 1.29 is 19.2 Å². The van der Waals surface area contributed by atoms with Crippen molar-refractivity contribution in [2.75, 3.05) is 0 Å². The zero-order chi connectivity index (χ0) is 49.7. The molecule has 1 aliphatic carbocycles. The highest BCUT2D eigenvalue weighted by molar-refractivity contribution is 6.25. The Morgan fingerprint density at radius 3 is 0.886 bits per heavy atom. The molecule has 1 saturated carbocycles. The van der Waals surface area contributed by atoms with Crippen LogP contribution in [0.25, 0.3) is 55.0 Å². The van der Waals surface area contributed by atoms with E-state index >= 15 is 0 Å². The second kappa shape index (κ2) is 15.3. The van der Waals surface area contributed by atoms with Gasteiger partial charge in [-0.05, 0) is 142 Å². The molecule has 0 radical (unpaired) electrons. The normalized spacial score (nSPS) is 18.1. The molecule has 8 aromatic rings. The zero-order valence-electron chi connectivity index (χ0n) is 42.8. The van der Waals surface area contributed by atoms with Gasteiger partial charge in [0.1, 0.15) is 0 Å². The average molecular weight is 929 g/mol. The predicted octanol–water partition coefficient (Wildman–Crippen LogP) is 14.3. The molecule has 8 heteroatoms. The van der Waals surface area contributed by atoms with Crippen LogP contribution >= 0.6 is 0 Å². The Balaban J connectivity index is 0.906. The molecule has 0 N–H and O–H groups in total. The van der Waals surface area contributed by atoms with E-state index in [-0.39, 0.29) is 57.4 Å². The van der Waals surface area contributed by atoms with Crippen LogP contribution in [0.1, 0.15) is 172 Å². The fraction of sp³-hybridized carbons (Fsp3) is 0.355. The van der Waals surface area contributed by atoms with Crippen LogP contribution in [0.4, 0.5) is 0 Å². The lowest BCUT2D eigenvalue weighted by atomic mass is 9.85. The molecule has 0 atom stereocenters. The summed E-state index contributed by atoms with van der Waals surface area (Å²) in [4.78, 5) is 61.7. The van der Waals surface area contributed by atoms with E-state index in [1.807, 2.05) is 24.3 Å². The van der Waals surface area contributed by atoms with Gasteiger partial charge in [-0.2, -0.15) is 0 Å². The molecule has 11 rings (SSSR count). The van der Waals surface area contributed by atoms with E-state index < -0.39 is 0 Å². The van der Waals surface area contributed by atoms with Crippen molar-refractivity contribution >= 4 is 67.2 Å². The minimum absolute atomic E-state index is 0.0656. The largest absolute Gasteiger partial charge is 0.308 e. The molecular weight excluding hydrogens is 865 g/mol. The number of rotatable bonds is 4. The Labute approximate surface area is 411 Å². The first kappa shape index (κ1) is 45.6. The first-order valence-electron chi connectivity index (χ1n) is 25.1. The minimum atomic E-state index is -0.377. The molecule has 70 heavy (non-hydrogen) atoms. The molecule has 0 spiro atoms. The van der Waals surface area contributed by atoms with Gasteiger partial charge in [-0.1, -0.05) is 119 Å². The second-order valence-corrected chi connectivity index (χ2v) is 24.4. The monoisotopic (exact) mass is 928 g/mol. The van der Waals surface area contributed by atoms with Crippen molar-refractivity contribution in [3.8, 4) is 11.4 Å². The number of hydrogen-bond donors (Lipinski definition) is 0. The summed E-state index contributed by atoms with van der Waals surface area (Å²) in [6.45, 7) is 26.6. The maximum atomic E-state index is 14.9. The van der Waals surface area contributed by atoms with E-state index in [1.54, 1.807) is 12.1 Å². The van der Waals surface area contributed by atoms with Crippen molar-refractivity contribution in [3.63, 3.8) is 0 Å². The third-order valence-electron chi connectivity index (χ3n) is 15.7. The Kier molecular flexibility index (Phi) is 10.0. The quantitative estimate of drug-likeness (QED) is 0.165. The van der Waals surface area contributed by atoms with Gasteiger partial charge in [0.15, 0.2) is 0 Å². The SMILES string of the molecule is CC(C)(C)c1ccc2c(c1)c1cc(C(C)(C)C)ccc1n2-c1cccc2c1C(=O)N(C1CCC(N3C(=O)c4cccc(-n5c6ccc(C(C)(C)C)cc6c6cc(C(C)(C)C)ccc65)c4C3=O)CC1)C2=O. The van der Waals surface area contributed by atoms with Crippen molar-refractivity contribution in [1.29, 1.82) is 0 Å². The number of hydrogen-bond acceptors (Lipinski definition) is 4. The van der Waals surface area contributed by atoms with Crippen LogP contribution in [-0.2, 0) is 21.7 Å².